The fraction of sp³-hybridized carbons (Fsp3) is 0.375. The first kappa shape index (κ1) is 18.6. The number of aryl methyl sites for hydroxylation is 2. The lowest BCUT2D eigenvalue weighted by molar-refractivity contribution is 0.102. The van der Waals surface area contributed by atoms with Gasteiger partial charge in [-0.1, -0.05) is 19.9 Å². The number of thiazole rings is 1. The van der Waals surface area contributed by atoms with E-state index in [-0.39, 0.29) is 10.8 Å². The van der Waals surface area contributed by atoms with Crippen molar-refractivity contribution in [2.45, 2.75) is 32.6 Å². The number of amides is 1. The average molecular weight is 367 g/mol. The van der Waals surface area contributed by atoms with Gasteiger partial charge in [-0.15, -0.1) is 11.3 Å². The Labute approximate surface area is 146 Å². The molecule has 6 nitrogen and oxygen atoms in total. The zero-order chi connectivity index (χ0) is 17.9. The molecule has 1 amide bonds. The van der Waals surface area contributed by atoms with Crippen LogP contribution >= 0.6 is 11.3 Å². The molecule has 0 unspecified atom stereocenters. The van der Waals surface area contributed by atoms with E-state index in [1.54, 1.807) is 33.0 Å². The van der Waals surface area contributed by atoms with Gasteiger partial charge in [0.1, 0.15) is 0 Å². The number of carbonyl (C=O) groups is 1. The summed E-state index contributed by atoms with van der Waals surface area (Å²) >= 11 is 1.37. The topological polar surface area (TPSA) is 79.4 Å². The summed E-state index contributed by atoms with van der Waals surface area (Å²) in [5.74, 6) is -0.363. The molecule has 0 saturated carbocycles. The van der Waals surface area contributed by atoms with Crippen molar-refractivity contribution in [3.8, 4) is 0 Å². The van der Waals surface area contributed by atoms with Crippen LogP contribution in [0.15, 0.2) is 29.3 Å². The summed E-state index contributed by atoms with van der Waals surface area (Å²) in [4.78, 5) is 17.7. The number of hydrogen-bond donors (Lipinski definition) is 1. The molecule has 0 saturated heterocycles. The molecule has 24 heavy (non-hydrogen) atoms. The quantitative estimate of drug-likeness (QED) is 0.851. The third-order valence-corrected chi connectivity index (χ3v) is 6.51. The average Bonchev–Trinajstić information content (AvgIpc) is 2.93. The Morgan fingerprint density at radius 3 is 2.46 bits per heavy atom. The van der Waals surface area contributed by atoms with Gasteiger partial charge in [-0.25, -0.2) is 13.4 Å². The third kappa shape index (κ3) is 3.82. The molecule has 0 atom stereocenters. The fourth-order valence-corrected chi connectivity index (χ4v) is 4.44. The van der Waals surface area contributed by atoms with E-state index >= 15 is 0 Å². The van der Waals surface area contributed by atoms with Crippen molar-refractivity contribution in [2.24, 2.45) is 0 Å². The maximum absolute atomic E-state index is 12.6. The second kappa shape index (κ2) is 7.42. The number of rotatable bonds is 6. The van der Waals surface area contributed by atoms with Gasteiger partial charge in [0.05, 0.1) is 4.90 Å². The van der Waals surface area contributed by atoms with Crippen molar-refractivity contribution in [2.75, 3.05) is 18.4 Å². The minimum atomic E-state index is -3.60. The van der Waals surface area contributed by atoms with Crippen LogP contribution in [0, 0.1) is 13.8 Å². The molecule has 1 heterocycles. The summed E-state index contributed by atoms with van der Waals surface area (Å²) in [5, 5.41) is 3.21. The van der Waals surface area contributed by atoms with Crippen LogP contribution < -0.4 is 5.32 Å². The van der Waals surface area contributed by atoms with Crippen molar-refractivity contribution < 1.29 is 13.2 Å². The Morgan fingerprint density at radius 2 is 1.92 bits per heavy atom. The molecule has 1 N–H and O–H groups in total. The molecule has 2 rings (SSSR count). The van der Waals surface area contributed by atoms with Crippen LogP contribution in [0.5, 0.6) is 0 Å². The molecule has 0 aliphatic carbocycles. The van der Waals surface area contributed by atoms with Crippen molar-refractivity contribution in [1.29, 1.82) is 0 Å². The van der Waals surface area contributed by atoms with E-state index in [9.17, 15) is 13.2 Å². The standard InChI is InChI=1S/C16H21N3O3S2/c1-5-19(6-2)24(21,22)13-8-7-11(3)14(9-13)15(20)18-16-17-10-12(4)23-16/h7-10H,5-6H2,1-4H3,(H,17,18,20). The van der Waals surface area contributed by atoms with Crippen LogP contribution in [-0.2, 0) is 10.0 Å². The van der Waals surface area contributed by atoms with Gasteiger partial charge in [0, 0.05) is 29.7 Å². The maximum Gasteiger partial charge on any atom is 0.257 e. The highest BCUT2D eigenvalue weighted by Gasteiger charge is 2.23. The van der Waals surface area contributed by atoms with Crippen LogP contribution in [0.4, 0.5) is 5.13 Å². The van der Waals surface area contributed by atoms with E-state index in [0.29, 0.717) is 29.3 Å². The number of aromatic nitrogens is 1. The minimum absolute atomic E-state index is 0.122. The van der Waals surface area contributed by atoms with Crippen molar-refractivity contribution in [1.82, 2.24) is 9.29 Å². The van der Waals surface area contributed by atoms with Gasteiger partial charge < -0.3 is 0 Å². The van der Waals surface area contributed by atoms with Gasteiger partial charge in [-0.2, -0.15) is 4.31 Å². The van der Waals surface area contributed by atoms with E-state index in [0.717, 1.165) is 4.88 Å². The molecule has 2 aromatic rings. The normalized spacial score (nSPS) is 11.7. The number of nitrogens with one attached hydrogen (secondary N) is 1. The van der Waals surface area contributed by atoms with Gasteiger partial charge in [-0.05, 0) is 31.5 Å². The Balaban J connectivity index is 2.36. The Bertz CT molecular complexity index is 840. The Hall–Kier alpha value is -1.77. The van der Waals surface area contributed by atoms with Gasteiger partial charge in [0.2, 0.25) is 10.0 Å². The molecule has 0 spiro atoms. The molecule has 0 bridgehead atoms. The van der Waals surface area contributed by atoms with E-state index in [2.05, 4.69) is 10.3 Å². The van der Waals surface area contributed by atoms with Crippen LogP contribution in [0.1, 0.15) is 34.6 Å². The first-order valence-electron chi connectivity index (χ1n) is 7.64. The maximum atomic E-state index is 12.6. The van der Waals surface area contributed by atoms with E-state index in [1.807, 2.05) is 6.92 Å². The highest BCUT2D eigenvalue weighted by molar-refractivity contribution is 7.89. The van der Waals surface area contributed by atoms with E-state index in [1.165, 1.54) is 27.8 Å². The zero-order valence-electron chi connectivity index (χ0n) is 14.2. The van der Waals surface area contributed by atoms with Gasteiger partial charge in [-0.3, -0.25) is 10.1 Å². The summed E-state index contributed by atoms with van der Waals surface area (Å²) in [6, 6.07) is 4.62. The molecule has 0 aliphatic heterocycles. The monoisotopic (exact) mass is 367 g/mol. The third-order valence-electron chi connectivity index (χ3n) is 3.64. The lowest BCUT2D eigenvalue weighted by atomic mass is 10.1. The molecule has 1 aromatic heterocycles. The molecule has 1 aromatic carbocycles. The number of carbonyl (C=O) groups excluding carboxylic acids is 1. The number of anilines is 1. The van der Waals surface area contributed by atoms with Crippen LogP contribution in [0.3, 0.4) is 0 Å². The number of nitrogens with zero attached hydrogens (tertiary/aromatic N) is 2. The van der Waals surface area contributed by atoms with Crippen LogP contribution in [0.25, 0.3) is 0 Å². The van der Waals surface area contributed by atoms with Crippen molar-refractivity contribution in [3.05, 3.63) is 40.4 Å². The summed E-state index contributed by atoms with van der Waals surface area (Å²) in [5.41, 5.74) is 1.04. The van der Waals surface area contributed by atoms with Gasteiger partial charge in [0.15, 0.2) is 5.13 Å². The zero-order valence-corrected chi connectivity index (χ0v) is 15.8. The van der Waals surface area contributed by atoms with E-state index in [4.69, 9.17) is 0 Å². The summed E-state index contributed by atoms with van der Waals surface area (Å²) in [7, 11) is -3.60. The second-order valence-corrected chi connectivity index (χ2v) is 8.47. The largest absolute Gasteiger partial charge is 0.298 e. The highest BCUT2D eigenvalue weighted by atomic mass is 32.2. The predicted octanol–water partition coefficient (Wildman–Crippen LogP) is 3.04. The number of sulfonamides is 1. The lowest BCUT2D eigenvalue weighted by Crippen LogP contribution is -2.30. The molecular formula is C16H21N3O3S2. The molecule has 0 fully saturated rings. The molecule has 0 radical (unpaired) electrons. The van der Waals surface area contributed by atoms with Crippen molar-refractivity contribution in [3.63, 3.8) is 0 Å². The minimum Gasteiger partial charge on any atom is -0.298 e. The highest BCUT2D eigenvalue weighted by Crippen LogP contribution is 2.22. The van der Waals surface area contributed by atoms with Crippen LogP contribution in [-0.4, -0.2) is 36.7 Å². The predicted molar refractivity (Wildman–Crippen MR) is 96.1 cm³/mol. The Kier molecular flexibility index (Phi) is 5.74. The lowest BCUT2D eigenvalue weighted by Gasteiger charge is -2.19. The Morgan fingerprint density at radius 1 is 1.25 bits per heavy atom. The van der Waals surface area contributed by atoms with Crippen molar-refractivity contribution >= 4 is 32.4 Å². The van der Waals surface area contributed by atoms with Gasteiger partial charge >= 0.3 is 0 Å². The molecular weight excluding hydrogens is 346 g/mol. The first-order chi connectivity index (χ1) is 11.3. The molecule has 0 aliphatic rings. The number of benzene rings is 1. The molecule has 8 heteroatoms. The summed E-state index contributed by atoms with van der Waals surface area (Å²) in [6.07, 6.45) is 1.67. The second-order valence-electron chi connectivity index (χ2n) is 5.30. The summed E-state index contributed by atoms with van der Waals surface area (Å²) in [6.45, 7) is 8.01. The van der Waals surface area contributed by atoms with Crippen LogP contribution in [0.2, 0.25) is 0 Å². The first-order valence-corrected chi connectivity index (χ1v) is 9.89. The molecule has 130 valence electrons. The number of hydrogen-bond acceptors (Lipinski definition) is 5. The smallest absolute Gasteiger partial charge is 0.257 e. The summed E-state index contributed by atoms with van der Waals surface area (Å²) < 4.78 is 26.6. The van der Waals surface area contributed by atoms with Gasteiger partial charge in [0.25, 0.3) is 5.91 Å². The van der Waals surface area contributed by atoms with E-state index < -0.39 is 10.0 Å². The fourth-order valence-electron chi connectivity index (χ4n) is 2.30. The SMILES string of the molecule is CCN(CC)S(=O)(=O)c1ccc(C)c(C(=O)Nc2ncc(C)s2)c1.